The molecule has 3 saturated heterocycles. The monoisotopic (exact) mass is 565 g/mol. The molecule has 3 aliphatic heterocycles. The quantitative estimate of drug-likeness (QED) is 0.180. The van der Waals surface area contributed by atoms with Crippen molar-refractivity contribution in [1.29, 1.82) is 0 Å². The second kappa shape index (κ2) is 15.3. The molecule has 0 aromatic rings. The number of carbonyl (C=O) groups is 1. The molecule has 13 nitrogen and oxygen atoms in total. The minimum Gasteiger partial charge on any atom is -0.394 e. The van der Waals surface area contributed by atoms with Crippen LogP contribution in [0.2, 0.25) is 0 Å². The lowest BCUT2D eigenvalue weighted by atomic mass is 9.97. The molecule has 3 heterocycles. The van der Waals surface area contributed by atoms with Crippen molar-refractivity contribution in [2.24, 2.45) is 5.73 Å². The number of hydrogen-bond acceptors (Lipinski definition) is 12. The van der Waals surface area contributed by atoms with Gasteiger partial charge in [0, 0.05) is 6.61 Å². The van der Waals surface area contributed by atoms with E-state index in [1.165, 1.54) is 0 Å². The standard InChI is InChI=1S/C26H47NO12/c1-4-6-9-15(14(5-2)37-25-21(32)20(31)18(29)13(3)35-25)38-26-23-22(19(30)17(12-28)39-26)36-16(24(27)33)10-7-8-11-34-23/h13-23,25-26,28-32H,4-12H2,1-3H3,(H2,27,33)/t13?,14-,15-,16-,17?,18-,19+,20?,21+,22?,23?,25+,26-/m1/s1. The molecule has 1 amide bonds. The summed E-state index contributed by atoms with van der Waals surface area (Å²) in [6.45, 7) is 5.26. The maximum atomic E-state index is 12.0. The summed E-state index contributed by atoms with van der Waals surface area (Å²) in [4.78, 5) is 12.0. The molecule has 0 radical (unpaired) electrons. The Bertz CT molecular complexity index is 746. The first kappa shape index (κ1) is 32.5. The topological polar surface area (TPSA) is 200 Å². The van der Waals surface area contributed by atoms with Crippen LogP contribution in [0.1, 0.15) is 65.7 Å². The van der Waals surface area contributed by atoms with Crippen molar-refractivity contribution in [3.63, 3.8) is 0 Å². The number of amides is 1. The second-order valence-corrected chi connectivity index (χ2v) is 10.6. The Hall–Kier alpha value is -0.970. The van der Waals surface area contributed by atoms with Crippen LogP contribution in [0.3, 0.4) is 0 Å². The highest BCUT2D eigenvalue weighted by atomic mass is 16.7. The van der Waals surface area contributed by atoms with Crippen molar-refractivity contribution in [2.75, 3.05) is 13.2 Å². The summed E-state index contributed by atoms with van der Waals surface area (Å²) in [6.07, 6.45) is -9.51. The van der Waals surface area contributed by atoms with Gasteiger partial charge in [0.15, 0.2) is 12.6 Å². The van der Waals surface area contributed by atoms with Crippen LogP contribution in [0.5, 0.6) is 0 Å². The third kappa shape index (κ3) is 8.07. The summed E-state index contributed by atoms with van der Waals surface area (Å²) in [6, 6.07) is 0. The van der Waals surface area contributed by atoms with E-state index in [2.05, 4.69) is 0 Å². The highest BCUT2D eigenvalue weighted by molar-refractivity contribution is 5.78. The zero-order valence-electron chi connectivity index (χ0n) is 23.0. The lowest BCUT2D eigenvalue weighted by molar-refractivity contribution is -0.346. The number of carbonyl (C=O) groups excluding carboxylic acids is 1. The SMILES string of the molecule is CCCC[C@@H](O[C@@H]1OC(CO)[C@H](O)C2O[C@@H](C(N)=O)CCCCOC21)[C@@H](CC)O[C@@H]1OC(C)[C@@H](O)C(O)[C@@H]1O. The van der Waals surface area contributed by atoms with Gasteiger partial charge in [-0.3, -0.25) is 4.79 Å². The van der Waals surface area contributed by atoms with Crippen LogP contribution >= 0.6 is 0 Å². The Labute approximate surface area is 229 Å². The van der Waals surface area contributed by atoms with Crippen LogP contribution in [0, 0.1) is 0 Å². The molecular formula is C26H47NO12. The van der Waals surface area contributed by atoms with Crippen molar-refractivity contribution < 1.29 is 58.7 Å². The number of primary amides is 1. The molecule has 3 aliphatic rings. The van der Waals surface area contributed by atoms with Gasteiger partial charge in [0.1, 0.15) is 48.8 Å². The van der Waals surface area contributed by atoms with Gasteiger partial charge >= 0.3 is 0 Å². The first-order chi connectivity index (χ1) is 18.6. The molecule has 39 heavy (non-hydrogen) atoms. The van der Waals surface area contributed by atoms with E-state index in [4.69, 9.17) is 34.2 Å². The molecule has 13 atom stereocenters. The van der Waals surface area contributed by atoms with E-state index in [0.29, 0.717) is 38.7 Å². The maximum absolute atomic E-state index is 12.0. The summed E-state index contributed by atoms with van der Waals surface area (Å²) in [5, 5.41) is 51.6. The number of nitrogens with two attached hydrogens (primary N) is 1. The number of hydrogen-bond donors (Lipinski definition) is 6. The number of aliphatic hydroxyl groups is 5. The molecule has 0 spiro atoms. The summed E-state index contributed by atoms with van der Waals surface area (Å²) >= 11 is 0. The summed E-state index contributed by atoms with van der Waals surface area (Å²) in [5.74, 6) is -0.653. The third-order valence-corrected chi connectivity index (χ3v) is 7.69. The van der Waals surface area contributed by atoms with E-state index < -0.39 is 92.2 Å². The smallest absolute Gasteiger partial charge is 0.246 e. The lowest BCUT2D eigenvalue weighted by Gasteiger charge is -2.46. The van der Waals surface area contributed by atoms with Gasteiger partial charge in [-0.25, -0.2) is 0 Å². The Morgan fingerprint density at radius 2 is 1.64 bits per heavy atom. The first-order valence-corrected chi connectivity index (χ1v) is 14.1. The van der Waals surface area contributed by atoms with E-state index >= 15 is 0 Å². The normalized spacial score (nSPS) is 41.5. The Morgan fingerprint density at radius 1 is 0.923 bits per heavy atom. The van der Waals surface area contributed by atoms with Crippen molar-refractivity contribution >= 4 is 5.91 Å². The van der Waals surface area contributed by atoms with Gasteiger partial charge in [-0.15, -0.1) is 0 Å². The van der Waals surface area contributed by atoms with Crippen LogP contribution in [0.15, 0.2) is 0 Å². The van der Waals surface area contributed by atoms with E-state index in [0.717, 1.165) is 12.8 Å². The molecule has 0 bridgehead atoms. The minimum atomic E-state index is -1.47. The number of ether oxygens (including phenoxy) is 6. The van der Waals surface area contributed by atoms with Crippen LogP contribution in [-0.2, 0) is 33.2 Å². The molecule has 228 valence electrons. The van der Waals surface area contributed by atoms with E-state index in [9.17, 15) is 30.3 Å². The lowest BCUT2D eigenvalue weighted by Crippen LogP contribution is -2.63. The van der Waals surface area contributed by atoms with Gasteiger partial charge in [-0.05, 0) is 39.0 Å². The zero-order valence-corrected chi connectivity index (χ0v) is 23.0. The Balaban J connectivity index is 1.84. The predicted octanol–water partition coefficient (Wildman–Crippen LogP) is -0.929. The minimum absolute atomic E-state index is 0.309. The molecule has 7 N–H and O–H groups in total. The average molecular weight is 566 g/mol. The Kier molecular flexibility index (Phi) is 12.8. The fourth-order valence-electron chi connectivity index (χ4n) is 5.27. The molecule has 0 aromatic heterocycles. The van der Waals surface area contributed by atoms with E-state index in [1.807, 2.05) is 13.8 Å². The van der Waals surface area contributed by atoms with Gasteiger partial charge < -0.3 is 59.7 Å². The van der Waals surface area contributed by atoms with Crippen molar-refractivity contribution in [3.05, 3.63) is 0 Å². The number of fused-ring (bicyclic) bond motifs is 1. The number of unbranched alkanes of at least 4 members (excludes halogenated alkanes) is 1. The second-order valence-electron chi connectivity index (χ2n) is 10.6. The summed E-state index contributed by atoms with van der Waals surface area (Å²) in [7, 11) is 0. The van der Waals surface area contributed by atoms with Crippen molar-refractivity contribution in [1.82, 2.24) is 0 Å². The number of rotatable bonds is 11. The van der Waals surface area contributed by atoms with Crippen molar-refractivity contribution in [2.45, 2.75) is 145 Å². The molecule has 0 saturated carbocycles. The van der Waals surface area contributed by atoms with Crippen molar-refractivity contribution in [3.8, 4) is 0 Å². The van der Waals surface area contributed by atoms with Crippen LogP contribution in [-0.4, -0.2) is 124 Å². The zero-order chi connectivity index (χ0) is 28.7. The molecule has 3 fully saturated rings. The number of aliphatic hydroxyl groups excluding tert-OH is 5. The molecule has 0 aliphatic carbocycles. The third-order valence-electron chi connectivity index (χ3n) is 7.69. The van der Waals surface area contributed by atoms with Crippen LogP contribution in [0.4, 0.5) is 0 Å². The summed E-state index contributed by atoms with van der Waals surface area (Å²) < 4.78 is 36.2. The van der Waals surface area contributed by atoms with Crippen LogP contribution in [0.25, 0.3) is 0 Å². The summed E-state index contributed by atoms with van der Waals surface area (Å²) in [5.41, 5.74) is 5.55. The van der Waals surface area contributed by atoms with Gasteiger partial charge in [0.25, 0.3) is 0 Å². The molecule has 13 heteroatoms. The first-order valence-electron chi connectivity index (χ1n) is 14.1. The van der Waals surface area contributed by atoms with E-state index in [-0.39, 0.29) is 0 Å². The molecule has 5 unspecified atom stereocenters. The van der Waals surface area contributed by atoms with Gasteiger partial charge in [0.2, 0.25) is 5.91 Å². The van der Waals surface area contributed by atoms with E-state index in [1.54, 1.807) is 6.92 Å². The van der Waals surface area contributed by atoms with Gasteiger partial charge in [-0.1, -0.05) is 26.7 Å². The average Bonchev–Trinajstić information content (AvgIpc) is 3.03. The highest BCUT2D eigenvalue weighted by Gasteiger charge is 2.50. The fourth-order valence-corrected chi connectivity index (χ4v) is 5.27. The molecule has 0 aromatic carbocycles. The Morgan fingerprint density at radius 3 is 2.28 bits per heavy atom. The highest BCUT2D eigenvalue weighted by Crippen LogP contribution is 2.33. The molecular weight excluding hydrogens is 518 g/mol. The predicted molar refractivity (Wildman–Crippen MR) is 135 cm³/mol. The van der Waals surface area contributed by atoms with Gasteiger partial charge in [-0.2, -0.15) is 0 Å². The molecule has 3 rings (SSSR count). The van der Waals surface area contributed by atoms with Gasteiger partial charge in [0.05, 0.1) is 24.9 Å². The van der Waals surface area contributed by atoms with Crippen LogP contribution < -0.4 is 5.73 Å². The largest absolute Gasteiger partial charge is 0.394 e. The fraction of sp³-hybridized carbons (Fsp3) is 0.962. The maximum Gasteiger partial charge on any atom is 0.246 e.